The molecule has 3 aliphatic carbocycles. The van der Waals surface area contributed by atoms with Gasteiger partial charge in [0.2, 0.25) is 5.91 Å². The van der Waals surface area contributed by atoms with Gasteiger partial charge in [-0.05, 0) is 53.9 Å². The van der Waals surface area contributed by atoms with Gasteiger partial charge in [0.25, 0.3) is 0 Å². The second-order valence-electron chi connectivity index (χ2n) is 9.69. The van der Waals surface area contributed by atoms with Crippen molar-refractivity contribution in [1.29, 1.82) is 0 Å². The molecule has 1 unspecified atom stereocenters. The molecule has 0 bridgehead atoms. The molecule has 0 spiro atoms. The van der Waals surface area contributed by atoms with Gasteiger partial charge in [-0.15, -0.1) is 0 Å². The number of rotatable bonds is 7. The molecule has 0 aromatic heterocycles. The predicted molar refractivity (Wildman–Crippen MR) is 131 cm³/mol. The predicted octanol–water partition coefficient (Wildman–Crippen LogP) is 4.23. The topological polar surface area (TPSA) is 105 Å². The van der Waals surface area contributed by atoms with Crippen molar-refractivity contribution in [2.75, 3.05) is 6.61 Å². The Balaban J connectivity index is 1.16. The van der Waals surface area contributed by atoms with Crippen molar-refractivity contribution < 1.29 is 24.2 Å². The number of amides is 2. The van der Waals surface area contributed by atoms with Crippen molar-refractivity contribution in [3.63, 3.8) is 0 Å². The number of allylic oxidation sites excluding steroid dienone is 1. The maximum Gasteiger partial charge on any atom is 0.407 e. The van der Waals surface area contributed by atoms with Gasteiger partial charge in [-0.3, -0.25) is 4.79 Å². The van der Waals surface area contributed by atoms with Gasteiger partial charge < -0.3 is 20.5 Å². The van der Waals surface area contributed by atoms with E-state index in [1.165, 1.54) is 11.1 Å². The number of fused-ring (bicyclic) bond motifs is 3. The fraction of sp³-hybridized carbons (Fsp3) is 0.393. The smallest absolute Gasteiger partial charge is 0.407 e. The molecule has 182 valence electrons. The third-order valence-electron chi connectivity index (χ3n) is 7.53. The molecule has 0 saturated heterocycles. The van der Waals surface area contributed by atoms with Gasteiger partial charge in [-0.2, -0.15) is 0 Å². The van der Waals surface area contributed by atoms with E-state index in [2.05, 4.69) is 34.9 Å². The molecule has 3 atom stereocenters. The number of carboxylic acid groups (broad SMARTS) is 1. The average Bonchev–Trinajstić information content (AvgIpc) is 3.15. The Morgan fingerprint density at radius 2 is 1.66 bits per heavy atom. The van der Waals surface area contributed by atoms with Gasteiger partial charge in [-0.1, -0.05) is 67.1 Å². The molecule has 1 saturated carbocycles. The molecular formula is C28H30N2O5. The minimum absolute atomic E-state index is 0.00494. The number of hydrogen-bond acceptors (Lipinski definition) is 4. The summed E-state index contributed by atoms with van der Waals surface area (Å²) in [6.45, 7) is 0.224. The van der Waals surface area contributed by atoms with Crippen molar-refractivity contribution in [3.8, 4) is 11.1 Å². The van der Waals surface area contributed by atoms with Gasteiger partial charge in [0.15, 0.2) is 0 Å². The Labute approximate surface area is 204 Å². The van der Waals surface area contributed by atoms with Crippen LogP contribution in [-0.4, -0.2) is 41.8 Å². The Hall–Kier alpha value is -3.61. The lowest BCUT2D eigenvalue weighted by molar-refractivity contribution is -0.145. The molecule has 5 rings (SSSR count). The van der Waals surface area contributed by atoms with Crippen LogP contribution in [0.4, 0.5) is 4.79 Å². The summed E-state index contributed by atoms with van der Waals surface area (Å²) in [5, 5.41) is 15.1. The summed E-state index contributed by atoms with van der Waals surface area (Å²) in [6, 6.07) is 15.2. The normalized spacial score (nSPS) is 21.8. The first kappa shape index (κ1) is 23.1. The SMILES string of the molecule is O=C(N[C@@H]1C=CC[C@@H](C(=O)NC(C(=O)O)C2CCC2)C1)OCC1c2ccccc2-c2ccccc21. The number of benzene rings is 2. The summed E-state index contributed by atoms with van der Waals surface area (Å²) in [5.41, 5.74) is 4.64. The van der Waals surface area contributed by atoms with E-state index in [-0.39, 0.29) is 36.3 Å². The van der Waals surface area contributed by atoms with Gasteiger partial charge in [0.05, 0.1) is 6.04 Å². The Bertz CT molecular complexity index is 1110. The van der Waals surface area contributed by atoms with Crippen LogP contribution in [0.25, 0.3) is 11.1 Å². The number of ether oxygens (including phenoxy) is 1. The number of hydrogen-bond donors (Lipinski definition) is 3. The molecule has 1 fully saturated rings. The van der Waals surface area contributed by atoms with Gasteiger partial charge >= 0.3 is 12.1 Å². The highest BCUT2D eigenvalue weighted by Gasteiger charge is 2.36. The second-order valence-corrected chi connectivity index (χ2v) is 9.69. The number of carboxylic acids is 1. The molecule has 0 radical (unpaired) electrons. The van der Waals surface area contributed by atoms with Gasteiger partial charge in [0, 0.05) is 11.8 Å². The summed E-state index contributed by atoms with van der Waals surface area (Å²) >= 11 is 0. The first-order valence-corrected chi connectivity index (χ1v) is 12.3. The molecule has 35 heavy (non-hydrogen) atoms. The minimum Gasteiger partial charge on any atom is -0.480 e. The zero-order chi connectivity index (χ0) is 24.4. The van der Waals surface area contributed by atoms with Crippen LogP contribution >= 0.6 is 0 Å². The molecule has 2 amide bonds. The van der Waals surface area contributed by atoms with Gasteiger partial charge in [0.1, 0.15) is 12.6 Å². The zero-order valence-electron chi connectivity index (χ0n) is 19.5. The van der Waals surface area contributed by atoms with E-state index in [1.807, 2.05) is 36.4 Å². The Kier molecular flexibility index (Phi) is 6.57. The first-order chi connectivity index (χ1) is 17.0. The van der Waals surface area contributed by atoms with Crippen LogP contribution in [0.3, 0.4) is 0 Å². The lowest BCUT2D eigenvalue weighted by Crippen LogP contribution is -2.50. The molecule has 7 nitrogen and oxygen atoms in total. The van der Waals surface area contributed by atoms with Crippen LogP contribution in [0.5, 0.6) is 0 Å². The van der Waals surface area contributed by atoms with Crippen LogP contribution in [0.15, 0.2) is 60.7 Å². The molecule has 2 aromatic rings. The maximum absolute atomic E-state index is 12.8. The number of alkyl carbamates (subject to hydrolysis) is 1. The summed E-state index contributed by atoms with van der Waals surface area (Å²) < 4.78 is 5.63. The van der Waals surface area contributed by atoms with Crippen LogP contribution < -0.4 is 10.6 Å². The highest BCUT2D eigenvalue weighted by molar-refractivity contribution is 5.85. The molecule has 0 aliphatic heterocycles. The Morgan fingerprint density at radius 1 is 1.00 bits per heavy atom. The second kappa shape index (κ2) is 9.94. The Morgan fingerprint density at radius 3 is 2.26 bits per heavy atom. The molecule has 3 N–H and O–H groups in total. The lowest BCUT2D eigenvalue weighted by Gasteiger charge is -2.33. The maximum atomic E-state index is 12.8. The molecule has 3 aliphatic rings. The lowest BCUT2D eigenvalue weighted by atomic mass is 9.79. The van der Waals surface area contributed by atoms with Crippen molar-refractivity contribution >= 4 is 18.0 Å². The number of aliphatic carboxylic acids is 1. The summed E-state index contributed by atoms with van der Waals surface area (Å²) in [6.07, 6.45) is 6.78. The third kappa shape index (κ3) is 4.81. The van der Waals surface area contributed by atoms with Crippen molar-refractivity contribution in [1.82, 2.24) is 10.6 Å². The van der Waals surface area contributed by atoms with Crippen LogP contribution in [0.2, 0.25) is 0 Å². The fourth-order valence-electron chi connectivity index (χ4n) is 5.43. The van der Waals surface area contributed by atoms with Gasteiger partial charge in [-0.25, -0.2) is 9.59 Å². The monoisotopic (exact) mass is 474 g/mol. The largest absolute Gasteiger partial charge is 0.480 e. The van der Waals surface area contributed by atoms with E-state index in [0.717, 1.165) is 30.4 Å². The van der Waals surface area contributed by atoms with Crippen LogP contribution in [-0.2, 0) is 14.3 Å². The molecule has 7 heteroatoms. The van der Waals surface area contributed by atoms with Crippen molar-refractivity contribution in [2.45, 2.75) is 50.1 Å². The number of carbonyl (C=O) groups excluding carboxylic acids is 2. The molecule has 2 aromatic carbocycles. The van der Waals surface area contributed by atoms with E-state index in [9.17, 15) is 19.5 Å². The van der Waals surface area contributed by atoms with E-state index in [1.54, 1.807) is 0 Å². The van der Waals surface area contributed by atoms with Crippen molar-refractivity contribution in [3.05, 3.63) is 71.8 Å². The number of nitrogens with one attached hydrogen (secondary N) is 2. The summed E-state index contributed by atoms with van der Waals surface area (Å²) in [5.74, 6) is -1.66. The van der Waals surface area contributed by atoms with Crippen molar-refractivity contribution in [2.24, 2.45) is 11.8 Å². The first-order valence-electron chi connectivity index (χ1n) is 12.3. The minimum atomic E-state index is -0.984. The standard InChI is InChI=1S/C28H30N2O5/c31-26(30-25(27(32)33)17-7-5-8-17)18-9-6-10-19(15-18)29-28(34)35-16-24-22-13-3-1-11-20(22)21-12-2-4-14-23(21)24/h1-4,6,10-14,17-19,24-25H,5,7-9,15-16H2,(H,29,34)(H,30,31)(H,32,33)/t18-,19-,25?/m1/s1. The van der Waals surface area contributed by atoms with E-state index < -0.39 is 18.1 Å². The van der Waals surface area contributed by atoms with E-state index >= 15 is 0 Å². The highest BCUT2D eigenvalue weighted by atomic mass is 16.5. The number of carbonyl (C=O) groups is 3. The quantitative estimate of drug-likeness (QED) is 0.521. The van der Waals surface area contributed by atoms with E-state index in [0.29, 0.717) is 12.8 Å². The highest BCUT2D eigenvalue weighted by Crippen LogP contribution is 2.44. The zero-order valence-corrected chi connectivity index (χ0v) is 19.5. The van der Waals surface area contributed by atoms with Crippen LogP contribution in [0.1, 0.15) is 49.1 Å². The summed E-state index contributed by atoms with van der Waals surface area (Å²) in [7, 11) is 0. The van der Waals surface area contributed by atoms with E-state index in [4.69, 9.17) is 4.74 Å². The van der Waals surface area contributed by atoms with Crippen LogP contribution in [0, 0.1) is 11.8 Å². The molecular weight excluding hydrogens is 444 g/mol. The average molecular weight is 475 g/mol. The summed E-state index contributed by atoms with van der Waals surface area (Å²) in [4.78, 5) is 37.0. The fourth-order valence-corrected chi connectivity index (χ4v) is 5.43. The third-order valence-corrected chi connectivity index (χ3v) is 7.53. The molecule has 0 heterocycles.